The van der Waals surface area contributed by atoms with Crippen LogP contribution in [0.15, 0.2) is 18.3 Å². The van der Waals surface area contributed by atoms with Crippen molar-refractivity contribution in [2.24, 2.45) is 22.2 Å². The number of hydrogen-bond donors (Lipinski definition) is 2. The summed E-state index contributed by atoms with van der Waals surface area (Å²) in [5.41, 5.74) is 9.52. The highest BCUT2D eigenvalue weighted by molar-refractivity contribution is 7.84. The van der Waals surface area contributed by atoms with Crippen molar-refractivity contribution in [1.82, 2.24) is 14.5 Å². The van der Waals surface area contributed by atoms with Crippen LogP contribution >= 0.6 is 0 Å². The van der Waals surface area contributed by atoms with Crippen molar-refractivity contribution in [3.8, 4) is 0 Å². The normalized spacial score (nSPS) is 23.6. The van der Waals surface area contributed by atoms with Crippen LogP contribution in [0.5, 0.6) is 0 Å². The summed E-state index contributed by atoms with van der Waals surface area (Å²) in [4.78, 5) is 7.39. The van der Waals surface area contributed by atoms with E-state index in [1.165, 1.54) is 25.7 Å². The van der Waals surface area contributed by atoms with E-state index in [9.17, 15) is 8.42 Å². The first kappa shape index (κ1) is 25.6. The SMILES string of the molecule is CC(C)(C)C1CCC(N2CCC(n3c(CCOS(N)(=O)=O)c(CN)c4cccnc43)CC2)CC1. The highest BCUT2D eigenvalue weighted by Gasteiger charge is 2.34. The summed E-state index contributed by atoms with van der Waals surface area (Å²) in [7, 11) is -3.98. The van der Waals surface area contributed by atoms with Gasteiger partial charge in [-0.15, -0.1) is 0 Å². The number of rotatable bonds is 7. The van der Waals surface area contributed by atoms with E-state index in [-0.39, 0.29) is 6.61 Å². The van der Waals surface area contributed by atoms with Gasteiger partial charge in [0.25, 0.3) is 0 Å². The average molecular weight is 492 g/mol. The molecular weight excluding hydrogens is 450 g/mol. The van der Waals surface area contributed by atoms with Gasteiger partial charge in [-0.2, -0.15) is 8.42 Å². The maximum absolute atomic E-state index is 11.3. The van der Waals surface area contributed by atoms with Gasteiger partial charge in [0.15, 0.2) is 0 Å². The number of likely N-dealkylation sites (tertiary alicyclic amines) is 1. The second-order valence-electron chi connectivity index (χ2n) is 11.1. The van der Waals surface area contributed by atoms with Gasteiger partial charge in [0, 0.05) is 55.4 Å². The predicted molar refractivity (Wildman–Crippen MR) is 135 cm³/mol. The second-order valence-corrected chi connectivity index (χ2v) is 12.3. The summed E-state index contributed by atoms with van der Waals surface area (Å²) >= 11 is 0. The molecule has 9 heteroatoms. The van der Waals surface area contributed by atoms with E-state index in [1.54, 1.807) is 0 Å². The van der Waals surface area contributed by atoms with E-state index < -0.39 is 10.3 Å². The van der Waals surface area contributed by atoms with E-state index >= 15 is 0 Å². The zero-order valence-electron chi connectivity index (χ0n) is 20.9. The quantitative estimate of drug-likeness (QED) is 0.612. The molecule has 0 bridgehead atoms. The second kappa shape index (κ2) is 10.2. The minimum absolute atomic E-state index is 0.00197. The van der Waals surface area contributed by atoms with Gasteiger partial charge in [0.2, 0.25) is 0 Å². The largest absolute Gasteiger partial charge is 0.333 e. The molecule has 2 aliphatic rings. The third-order valence-electron chi connectivity index (χ3n) is 8.07. The molecule has 2 aromatic heterocycles. The van der Waals surface area contributed by atoms with Crippen LogP contribution in [0, 0.1) is 11.3 Å². The van der Waals surface area contributed by atoms with Crippen LogP contribution in [0.1, 0.15) is 76.6 Å². The molecule has 4 rings (SSSR count). The molecule has 34 heavy (non-hydrogen) atoms. The summed E-state index contributed by atoms with van der Waals surface area (Å²) in [6.45, 7) is 9.65. The van der Waals surface area contributed by atoms with Gasteiger partial charge < -0.3 is 15.2 Å². The molecule has 190 valence electrons. The van der Waals surface area contributed by atoms with E-state index in [4.69, 9.17) is 20.0 Å². The van der Waals surface area contributed by atoms with Gasteiger partial charge in [0.05, 0.1) is 6.61 Å². The Morgan fingerprint density at radius 2 is 1.76 bits per heavy atom. The Bertz CT molecular complexity index is 1080. The van der Waals surface area contributed by atoms with Crippen molar-refractivity contribution in [3.63, 3.8) is 0 Å². The van der Waals surface area contributed by atoms with E-state index in [1.807, 2.05) is 18.3 Å². The third-order valence-corrected chi connectivity index (χ3v) is 8.57. The topological polar surface area (TPSA) is 116 Å². The maximum Gasteiger partial charge on any atom is 0.333 e. The molecule has 0 amide bonds. The molecular formula is C25H41N5O3S. The fraction of sp³-hybridized carbons (Fsp3) is 0.720. The Morgan fingerprint density at radius 1 is 1.09 bits per heavy atom. The van der Waals surface area contributed by atoms with Gasteiger partial charge in [-0.3, -0.25) is 4.18 Å². The monoisotopic (exact) mass is 491 g/mol. The molecule has 0 atom stereocenters. The Hall–Kier alpha value is -1.52. The van der Waals surface area contributed by atoms with Crippen LogP contribution < -0.4 is 10.9 Å². The molecule has 1 saturated carbocycles. The van der Waals surface area contributed by atoms with Gasteiger partial charge in [-0.1, -0.05) is 20.8 Å². The number of fused-ring (bicyclic) bond motifs is 1. The molecule has 1 aliphatic carbocycles. The molecule has 2 aromatic rings. The molecule has 0 unspecified atom stereocenters. The highest BCUT2D eigenvalue weighted by Crippen LogP contribution is 2.40. The zero-order valence-corrected chi connectivity index (χ0v) is 21.7. The molecule has 3 heterocycles. The van der Waals surface area contributed by atoms with Gasteiger partial charge in [-0.25, -0.2) is 10.1 Å². The molecule has 1 aliphatic heterocycles. The minimum atomic E-state index is -3.98. The molecule has 4 N–H and O–H groups in total. The Balaban J connectivity index is 1.49. The predicted octanol–water partition coefficient (Wildman–Crippen LogP) is 3.50. The molecule has 0 aromatic carbocycles. The minimum Gasteiger partial charge on any atom is -0.326 e. The highest BCUT2D eigenvalue weighted by atomic mass is 32.2. The van der Waals surface area contributed by atoms with Gasteiger partial charge >= 0.3 is 10.3 Å². The lowest BCUT2D eigenvalue weighted by Crippen LogP contribution is -2.44. The van der Waals surface area contributed by atoms with E-state index in [0.29, 0.717) is 30.5 Å². The van der Waals surface area contributed by atoms with Crippen LogP contribution in [-0.4, -0.2) is 48.6 Å². The fourth-order valence-electron chi connectivity index (χ4n) is 6.22. The molecule has 2 fully saturated rings. The lowest BCUT2D eigenvalue weighted by molar-refractivity contribution is 0.0719. The van der Waals surface area contributed by atoms with Crippen LogP contribution in [-0.2, 0) is 27.5 Å². The van der Waals surface area contributed by atoms with Crippen molar-refractivity contribution in [2.75, 3.05) is 19.7 Å². The summed E-state index contributed by atoms with van der Waals surface area (Å²) in [5, 5.41) is 6.09. The van der Waals surface area contributed by atoms with Crippen LogP contribution in [0.25, 0.3) is 11.0 Å². The Labute approximate surface area is 204 Å². The number of pyridine rings is 1. The molecule has 8 nitrogen and oxygen atoms in total. The van der Waals surface area contributed by atoms with E-state index in [2.05, 4.69) is 30.2 Å². The van der Waals surface area contributed by atoms with Crippen LogP contribution in [0.4, 0.5) is 0 Å². The standard InChI is InChI=1S/C25H41N5O3S/c1-25(2,3)18-6-8-19(9-7-18)29-14-10-20(11-15-29)30-23(12-16-33-34(27,31)32)22(17-26)21-5-4-13-28-24(21)30/h4-5,13,18-20H,6-12,14-17,26H2,1-3H3,(H2,27,31,32). The Morgan fingerprint density at radius 3 is 2.35 bits per heavy atom. The van der Waals surface area contributed by atoms with Crippen molar-refractivity contribution >= 4 is 21.3 Å². The number of aromatic nitrogens is 2. The maximum atomic E-state index is 11.3. The van der Waals surface area contributed by atoms with Gasteiger partial charge in [0.1, 0.15) is 5.65 Å². The summed E-state index contributed by atoms with van der Waals surface area (Å²) in [6.07, 6.45) is 9.59. The molecule has 1 saturated heterocycles. The number of hydrogen-bond acceptors (Lipinski definition) is 6. The first-order chi connectivity index (χ1) is 16.1. The zero-order chi connectivity index (χ0) is 24.5. The van der Waals surface area contributed by atoms with Crippen molar-refractivity contribution in [3.05, 3.63) is 29.6 Å². The number of nitrogens with zero attached hydrogens (tertiary/aromatic N) is 3. The first-order valence-corrected chi connectivity index (χ1v) is 14.1. The average Bonchev–Trinajstić information content (AvgIpc) is 3.11. The molecule has 0 spiro atoms. The third kappa shape index (κ3) is 5.65. The van der Waals surface area contributed by atoms with Crippen LogP contribution in [0.3, 0.4) is 0 Å². The van der Waals surface area contributed by atoms with Crippen molar-refractivity contribution in [1.29, 1.82) is 0 Å². The summed E-state index contributed by atoms with van der Waals surface area (Å²) < 4.78 is 29.8. The Kier molecular flexibility index (Phi) is 7.69. The summed E-state index contributed by atoms with van der Waals surface area (Å²) in [6, 6.07) is 4.98. The van der Waals surface area contributed by atoms with Gasteiger partial charge in [-0.05, 0) is 67.6 Å². The van der Waals surface area contributed by atoms with Crippen LogP contribution in [0.2, 0.25) is 0 Å². The lowest BCUT2D eigenvalue weighted by Gasteiger charge is -2.43. The fourth-order valence-corrected chi connectivity index (χ4v) is 6.53. The molecule has 0 radical (unpaired) electrons. The first-order valence-electron chi connectivity index (χ1n) is 12.7. The number of piperidine rings is 1. The number of nitrogens with two attached hydrogens (primary N) is 2. The van der Waals surface area contributed by atoms with Crippen molar-refractivity contribution in [2.45, 2.75) is 84.3 Å². The van der Waals surface area contributed by atoms with Crippen molar-refractivity contribution < 1.29 is 12.6 Å². The smallest absolute Gasteiger partial charge is 0.326 e. The summed E-state index contributed by atoms with van der Waals surface area (Å²) in [5.74, 6) is 0.829. The van der Waals surface area contributed by atoms with E-state index in [0.717, 1.165) is 54.1 Å². The lowest BCUT2D eigenvalue weighted by atomic mass is 9.71.